The molecule has 0 aliphatic carbocycles. The molecule has 2 heterocycles. The Kier molecular flexibility index (Phi) is 5.82. The number of nitrogens with zero attached hydrogens (tertiary/aromatic N) is 1. The zero-order valence-electron chi connectivity index (χ0n) is 11.4. The van der Waals surface area contributed by atoms with Crippen LogP contribution < -0.4 is 5.32 Å². The van der Waals surface area contributed by atoms with Gasteiger partial charge in [-0.15, -0.1) is 11.3 Å². The van der Waals surface area contributed by atoms with E-state index in [4.69, 9.17) is 4.74 Å². The first-order chi connectivity index (χ1) is 9.29. The van der Waals surface area contributed by atoms with Gasteiger partial charge in [0.25, 0.3) is 0 Å². The second-order valence-corrected chi connectivity index (χ2v) is 5.93. The number of hydrogen-bond donors (Lipinski definition) is 1. The van der Waals surface area contributed by atoms with Crippen molar-refractivity contribution in [3.05, 3.63) is 22.4 Å². The summed E-state index contributed by atoms with van der Waals surface area (Å²) in [5, 5.41) is 5.00. The lowest BCUT2D eigenvalue weighted by atomic mass is 10.2. The summed E-state index contributed by atoms with van der Waals surface area (Å²) in [4.78, 5) is 15.4. The van der Waals surface area contributed by atoms with Gasteiger partial charge in [0.1, 0.15) is 0 Å². The van der Waals surface area contributed by atoms with Crippen LogP contribution in [-0.4, -0.2) is 43.7 Å². The van der Waals surface area contributed by atoms with E-state index in [1.807, 2.05) is 17.5 Å². The van der Waals surface area contributed by atoms with Crippen molar-refractivity contribution in [1.82, 2.24) is 10.2 Å². The van der Waals surface area contributed by atoms with Crippen molar-refractivity contribution in [2.75, 3.05) is 26.8 Å². The lowest BCUT2D eigenvalue weighted by molar-refractivity contribution is -0.121. The van der Waals surface area contributed by atoms with Gasteiger partial charge in [-0.2, -0.15) is 0 Å². The minimum absolute atomic E-state index is 0.136. The highest BCUT2D eigenvalue weighted by atomic mass is 32.1. The molecule has 1 aliphatic rings. The van der Waals surface area contributed by atoms with E-state index in [0.29, 0.717) is 19.0 Å². The van der Waals surface area contributed by atoms with Gasteiger partial charge in [-0.3, -0.25) is 9.69 Å². The number of rotatable bonds is 7. The minimum Gasteiger partial charge on any atom is -0.383 e. The van der Waals surface area contributed by atoms with Gasteiger partial charge in [0.05, 0.1) is 13.2 Å². The van der Waals surface area contributed by atoms with Crippen LogP contribution in [0, 0.1) is 0 Å². The van der Waals surface area contributed by atoms with Gasteiger partial charge < -0.3 is 10.1 Å². The maximum absolute atomic E-state index is 11.8. The lowest BCUT2D eigenvalue weighted by Crippen LogP contribution is -2.36. The predicted molar refractivity (Wildman–Crippen MR) is 77.3 cm³/mol. The molecular weight excluding hydrogens is 260 g/mol. The Balaban J connectivity index is 1.65. The topological polar surface area (TPSA) is 41.6 Å². The third-order valence-corrected chi connectivity index (χ3v) is 4.40. The van der Waals surface area contributed by atoms with Crippen molar-refractivity contribution in [2.24, 2.45) is 0 Å². The van der Waals surface area contributed by atoms with Crippen LogP contribution in [0.1, 0.15) is 24.1 Å². The van der Waals surface area contributed by atoms with Crippen LogP contribution in [0.25, 0.3) is 0 Å². The molecule has 106 valence electrons. The molecule has 0 radical (unpaired) electrons. The van der Waals surface area contributed by atoms with Crippen molar-refractivity contribution in [2.45, 2.75) is 31.8 Å². The zero-order chi connectivity index (χ0) is 13.5. The summed E-state index contributed by atoms with van der Waals surface area (Å²) < 4.78 is 5.22. The van der Waals surface area contributed by atoms with Crippen LogP contribution in [0.3, 0.4) is 0 Å². The monoisotopic (exact) mass is 282 g/mol. The predicted octanol–water partition coefficient (Wildman–Crippen LogP) is 1.87. The Morgan fingerprint density at radius 2 is 2.53 bits per heavy atom. The molecule has 0 aromatic carbocycles. The van der Waals surface area contributed by atoms with Crippen molar-refractivity contribution in [1.29, 1.82) is 0 Å². The number of likely N-dealkylation sites (tertiary alicyclic amines) is 1. The Morgan fingerprint density at radius 1 is 1.63 bits per heavy atom. The highest BCUT2D eigenvalue weighted by Gasteiger charge is 2.24. The summed E-state index contributed by atoms with van der Waals surface area (Å²) in [5.41, 5.74) is 0. The van der Waals surface area contributed by atoms with E-state index in [-0.39, 0.29) is 5.91 Å². The second-order valence-electron chi connectivity index (χ2n) is 4.89. The molecule has 1 aliphatic heterocycles. The van der Waals surface area contributed by atoms with E-state index in [0.717, 1.165) is 19.7 Å². The molecule has 5 heteroatoms. The quantitative estimate of drug-likeness (QED) is 0.830. The number of nitrogens with one attached hydrogen (secondary N) is 1. The standard InChI is InChI=1S/C14H22N2O2S/c1-18-11-12-4-2-7-16(12)8-6-14(17)15-10-13-5-3-9-19-13/h3,5,9,12H,2,4,6-8,10-11H2,1H3,(H,15,17)/t12-/m0/s1. The number of hydrogen-bond acceptors (Lipinski definition) is 4. The average molecular weight is 282 g/mol. The number of methoxy groups -OCH3 is 1. The number of carbonyl (C=O) groups excluding carboxylic acids is 1. The Labute approximate surface area is 118 Å². The highest BCUT2D eigenvalue weighted by Crippen LogP contribution is 2.17. The second kappa shape index (κ2) is 7.62. The summed E-state index contributed by atoms with van der Waals surface area (Å²) >= 11 is 1.67. The summed E-state index contributed by atoms with van der Waals surface area (Å²) in [6, 6.07) is 4.54. The summed E-state index contributed by atoms with van der Waals surface area (Å²) in [6.07, 6.45) is 2.97. The molecule has 19 heavy (non-hydrogen) atoms. The smallest absolute Gasteiger partial charge is 0.221 e. The van der Waals surface area contributed by atoms with E-state index in [1.54, 1.807) is 18.4 Å². The fraction of sp³-hybridized carbons (Fsp3) is 0.643. The van der Waals surface area contributed by atoms with Gasteiger partial charge in [-0.25, -0.2) is 0 Å². The van der Waals surface area contributed by atoms with E-state index in [9.17, 15) is 4.79 Å². The Hall–Kier alpha value is -0.910. The summed E-state index contributed by atoms with van der Waals surface area (Å²) in [6.45, 7) is 3.35. The first-order valence-corrected chi connectivity index (χ1v) is 7.69. The van der Waals surface area contributed by atoms with Crippen molar-refractivity contribution in [3.8, 4) is 0 Å². The highest BCUT2D eigenvalue weighted by molar-refractivity contribution is 7.09. The number of amides is 1. The first-order valence-electron chi connectivity index (χ1n) is 6.81. The van der Waals surface area contributed by atoms with Gasteiger partial charge in [-0.1, -0.05) is 6.07 Å². The molecule has 1 aromatic rings. The molecule has 0 spiro atoms. The Bertz CT molecular complexity index is 381. The van der Waals surface area contributed by atoms with Crippen molar-refractivity contribution < 1.29 is 9.53 Å². The molecule has 0 bridgehead atoms. The van der Waals surface area contributed by atoms with Crippen LogP contribution in [-0.2, 0) is 16.1 Å². The third-order valence-electron chi connectivity index (χ3n) is 3.52. The molecule has 1 saturated heterocycles. The van der Waals surface area contributed by atoms with Gasteiger partial charge in [-0.05, 0) is 30.8 Å². The summed E-state index contributed by atoms with van der Waals surface area (Å²) in [5.74, 6) is 0.136. The molecule has 4 nitrogen and oxygen atoms in total. The SMILES string of the molecule is COC[C@@H]1CCCN1CCC(=O)NCc1cccs1. The van der Waals surface area contributed by atoms with Crippen LogP contribution in [0.5, 0.6) is 0 Å². The fourth-order valence-corrected chi connectivity index (χ4v) is 3.15. The molecule has 1 atom stereocenters. The van der Waals surface area contributed by atoms with Crippen molar-refractivity contribution >= 4 is 17.2 Å². The lowest BCUT2D eigenvalue weighted by Gasteiger charge is -2.23. The molecule has 0 unspecified atom stereocenters. The van der Waals surface area contributed by atoms with Crippen LogP contribution >= 0.6 is 11.3 Å². The van der Waals surface area contributed by atoms with Gasteiger partial charge in [0.15, 0.2) is 0 Å². The molecule has 1 N–H and O–H groups in total. The summed E-state index contributed by atoms with van der Waals surface area (Å²) in [7, 11) is 1.74. The zero-order valence-corrected chi connectivity index (χ0v) is 12.2. The normalized spacial score (nSPS) is 19.7. The van der Waals surface area contributed by atoms with Crippen molar-refractivity contribution in [3.63, 3.8) is 0 Å². The third kappa shape index (κ3) is 4.60. The molecule has 1 amide bonds. The number of ether oxygens (including phenoxy) is 1. The van der Waals surface area contributed by atoms with E-state index < -0.39 is 0 Å². The number of thiophene rings is 1. The van der Waals surface area contributed by atoms with E-state index in [2.05, 4.69) is 10.2 Å². The van der Waals surface area contributed by atoms with E-state index >= 15 is 0 Å². The molecule has 1 aromatic heterocycles. The molecule has 0 saturated carbocycles. The number of carbonyl (C=O) groups is 1. The largest absolute Gasteiger partial charge is 0.383 e. The maximum atomic E-state index is 11.8. The van der Waals surface area contributed by atoms with Crippen LogP contribution in [0.4, 0.5) is 0 Å². The molecule has 2 rings (SSSR count). The average Bonchev–Trinajstić information content (AvgIpc) is 3.06. The Morgan fingerprint density at radius 3 is 3.26 bits per heavy atom. The molecule has 1 fully saturated rings. The first kappa shape index (κ1) is 14.5. The van der Waals surface area contributed by atoms with Gasteiger partial charge in [0.2, 0.25) is 5.91 Å². The molecular formula is C14H22N2O2S. The van der Waals surface area contributed by atoms with Gasteiger partial charge >= 0.3 is 0 Å². The van der Waals surface area contributed by atoms with E-state index in [1.165, 1.54) is 17.7 Å². The van der Waals surface area contributed by atoms with Crippen LogP contribution in [0.2, 0.25) is 0 Å². The maximum Gasteiger partial charge on any atom is 0.221 e. The van der Waals surface area contributed by atoms with Crippen LogP contribution in [0.15, 0.2) is 17.5 Å². The minimum atomic E-state index is 0.136. The van der Waals surface area contributed by atoms with Gasteiger partial charge in [0, 0.05) is 31.0 Å². The fourth-order valence-electron chi connectivity index (χ4n) is 2.50.